The number of benzene rings is 1. The molecule has 0 amide bonds. The summed E-state index contributed by atoms with van der Waals surface area (Å²) < 4.78 is 33.6. The highest BCUT2D eigenvalue weighted by Crippen LogP contribution is 2.25. The zero-order chi connectivity index (χ0) is 16.2. The van der Waals surface area contributed by atoms with Crippen LogP contribution in [-0.2, 0) is 16.8 Å². The summed E-state index contributed by atoms with van der Waals surface area (Å²) in [4.78, 5) is 0. The van der Waals surface area contributed by atoms with Crippen molar-refractivity contribution >= 4 is 10.2 Å². The molecule has 2 rings (SSSR count). The Bertz CT molecular complexity index is 583. The van der Waals surface area contributed by atoms with Crippen LogP contribution in [0.1, 0.15) is 37.7 Å². The second-order valence-corrected chi connectivity index (χ2v) is 8.02. The molecule has 0 aliphatic heterocycles. The number of rotatable bonds is 6. The minimum atomic E-state index is -3.43. The van der Waals surface area contributed by atoms with Gasteiger partial charge in [-0.2, -0.15) is 17.0 Å². The molecule has 0 unspecified atom stereocenters. The van der Waals surface area contributed by atoms with Gasteiger partial charge in [-0.3, -0.25) is 0 Å². The van der Waals surface area contributed by atoms with E-state index in [9.17, 15) is 8.42 Å². The summed E-state index contributed by atoms with van der Waals surface area (Å²) >= 11 is 0. The maximum absolute atomic E-state index is 12.7. The van der Waals surface area contributed by atoms with Crippen molar-refractivity contribution in [1.82, 2.24) is 8.61 Å². The van der Waals surface area contributed by atoms with Gasteiger partial charge in [-0.25, -0.2) is 0 Å². The van der Waals surface area contributed by atoms with Crippen LogP contribution in [0.4, 0.5) is 0 Å². The van der Waals surface area contributed by atoms with Gasteiger partial charge in [0, 0.05) is 26.7 Å². The molecule has 0 radical (unpaired) electrons. The van der Waals surface area contributed by atoms with Crippen molar-refractivity contribution in [2.45, 2.75) is 44.7 Å². The molecule has 0 spiro atoms. The Kier molecular flexibility index (Phi) is 5.83. The molecular formula is C16H26N2O3S. The predicted molar refractivity (Wildman–Crippen MR) is 88.0 cm³/mol. The molecule has 0 bridgehead atoms. The lowest BCUT2D eigenvalue weighted by Crippen LogP contribution is -2.45. The second kappa shape index (κ2) is 7.44. The Morgan fingerprint density at radius 3 is 2.50 bits per heavy atom. The summed E-state index contributed by atoms with van der Waals surface area (Å²) in [6.07, 6.45) is 5.36. The molecule has 22 heavy (non-hydrogen) atoms. The highest BCUT2D eigenvalue weighted by molar-refractivity contribution is 7.86. The Hall–Kier alpha value is -1.11. The second-order valence-electron chi connectivity index (χ2n) is 5.92. The van der Waals surface area contributed by atoms with Gasteiger partial charge >= 0.3 is 0 Å². The van der Waals surface area contributed by atoms with E-state index in [1.807, 2.05) is 24.3 Å². The number of hydrogen-bond donors (Lipinski definition) is 0. The molecule has 1 saturated carbocycles. The van der Waals surface area contributed by atoms with Gasteiger partial charge in [-0.15, -0.1) is 0 Å². The molecule has 124 valence electrons. The minimum Gasteiger partial charge on any atom is -0.497 e. The first-order chi connectivity index (χ1) is 10.4. The summed E-state index contributed by atoms with van der Waals surface area (Å²) in [6, 6.07) is 7.64. The average Bonchev–Trinajstić information content (AvgIpc) is 2.55. The molecular weight excluding hydrogens is 300 g/mol. The van der Waals surface area contributed by atoms with Gasteiger partial charge in [0.05, 0.1) is 7.11 Å². The Labute approximate surface area is 134 Å². The van der Waals surface area contributed by atoms with Crippen LogP contribution in [0, 0.1) is 0 Å². The fraction of sp³-hybridized carbons (Fsp3) is 0.625. The van der Waals surface area contributed by atoms with Crippen LogP contribution in [0.2, 0.25) is 0 Å². The summed E-state index contributed by atoms with van der Waals surface area (Å²) in [7, 11) is 1.51. The van der Waals surface area contributed by atoms with E-state index in [0.717, 1.165) is 37.0 Å². The van der Waals surface area contributed by atoms with Crippen molar-refractivity contribution in [3.05, 3.63) is 29.8 Å². The Balaban J connectivity index is 2.07. The molecule has 0 aromatic heterocycles. The minimum absolute atomic E-state index is 0.131. The maximum atomic E-state index is 12.7. The van der Waals surface area contributed by atoms with E-state index < -0.39 is 10.2 Å². The van der Waals surface area contributed by atoms with Crippen LogP contribution in [0.15, 0.2) is 24.3 Å². The SMILES string of the molecule is COc1cccc(CN(C)S(=O)(=O)N(C)C2CCCCC2)c1. The van der Waals surface area contributed by atoms with Crippen LogP contribution in [-0.4, -0.2) is 44.3 Å². The normalized spacial score (nSPS) is 17.1. The van der Waals surface area contributed by atoms with Gasteiger partial charge in [-0.1, -0.05) is 31.4 Å². The first kappa shape index (κ1) is 17.2. The van der Waals surface area contributed by atoms with E-state index in [4.69, 9.17) is 4.74 Å². The van der Waals surface area contributed by atoms with E-state index in [1.54, 1.807) is 25.5 Å². The molecule has 1 aromatic rings. The lowest BCUT2D eigenvalue weighted by atomic mass is 9.96. The zero-order valence-corrected chi connectivity index (χ0v) is 14.5. The molecule has 1 aliphatic carbocycles. The van der Waals surface area contributed by atoms with E-state index in [-0.39, 0.29) is 6.04 Å². The van der Waals surface area contributed by atoms with E-state index >= 15 is 0 Å². The molecule has 0 heterocycles. The fourth-order valence-corrected chi connectivity index (χ4v) is 4.30. The standard InChI is InChI=1S/C16H26N2O3S/c1-17(13-14-8-7-11-16(12-14)21-3)22(19,20)18(2)15-9-5-4-6-10-15/h7-8,11-12,15H,4-6,9-10,13H2,1-3H3. The number of hydrogen-bond acceptors (Lipinski definition) is 3. The van der Waals surface area contributed by atoms with Crippen molar-refractivity contribution in [3.8, 4) is 5.75 Å². The highest BCUT2D eigenvalue weighted by atomic mass is 32.2. The highest BCUT2D eigenvalue weighted by Gasteiger charge is 2.30. The van der Waals surface area contributed by atoms with Crippen LogP contribution in [0.3, 0.4) is 0 Å². The smallest absolute Gasteiger partial charge is 0.282 e. The van der Waals surface area contributed by atoms with Crippen molar-refractivity contribution in [3.63, 3.8) is 0 Å². The van der Waals surface area contributed by atoms with E-state index in [1.165, 1.54) is 10.7 Å². The third kappa shape index (κ3) is 4.00. The molecule has 5 nitrogen and oxygen atoms in total. The third-order valence-corrected chi connectivity index (χ3v) is 6.33. The third-order valence-electron chi connectivity index (χ3n) is 4.39. The fourth-order valence-electron chi connectivity index (χ4n) is 2.96. The number of methoxy groups -OCH3 is 1. The number of nitrogens with zero attached hydrogens (tertiary/aromatic N) is 2. The maximum Gasteiger partial charge on any atom is 0.282 e. The van der Waals surface area contributed by atoms with E-state index in [0.29, 0.717) is 6.54 Å². The molecule has 1 aromatic carbocycles. The molecule has 6 heteroatoms. The molecule has 1 fully saturated rings. The quantitative estimate of drug-likeness (QED) is 0.807. The summed E-state index contributed by atoms with van der Waals surface area (Å²) in [5.41, 5.74) is 0.919. The largest absolute Gasteiger partial charge is 0.497 e. The van der Waals surface area contributed by atoms with E-state index in [2.05, 4.69) is 0 Å². The Morgan fingerprint density at radius 2 is 1.86 bits per heavy atom. The lowest BCUT2D eigenvalue weighted by Gasteiger charge is -2.33. The van der Waals surface area contributed by atoms with Crippen molar-refractivity contribution in [2.24, 2.45) is 0 Å². The first-order valence-electron chi connectivity index (χ1n) is 7.77. The van der Waals surface area contributed by atoms with Crippen LogP contribution < -0.4 is 4.74 Å². The average molecular weight is 326 g/mol. The van der Waals surface area contributed by atoms with Gasteiger partial charge in [0.1, 0.15) is 5.75 Å². The monoisotopic (exact) mass is 326 g/mol. The molecule has 1 aliphatic rings. The van der Waals surface area contributed by atoms with Crippen LogP contribution >= 0.6 is 0 Å². The Morgan fingerprint density at radius 1 is 1.18 bits per heavy atom. The van der Waals surface area contributed by atoms with Gasteiger partial charge in [0.15, 0.2) is 0 Å². The van der Waals surface area contributed by atoms with Crippen molar-refractivity contribution < 1.29 is 13.2 Å². The van der Waals surface area contributed by atoms with Crippen molar-refractivity contribution in [1.29, 1.82) is 0 Å². The van der Waals surface area contributed by atoms with Gasteiger partial charge < -0.3 is 4.74 Å². The lowest BCUT2D eigenvalue weighted by molar-refractivity contribution is 0.268. The molecule has 0 atom stereocenters. The molecule has 0 saturated heterocycles. The van der Waals surface area contributed by atoms with Crippen LogP contribution in [0.5, 0.6) is 5.75 Å². The molecule has 0 N–H and O–H groups in total. The van der Waals surface area contributed by atoms with Crippen molar-refractivity contribution in [2.75, 3.05) is 21.2 Å². The van der Waals surface area contributed by atoms with Gasteiger partial charge in [-0.05, 0) is 30.5 Å². The zero-order valence-electron chi connectivity index (χ0n) is 13.7. The number of ether oxygens (including phenoxy) is 1. The predicted octanol–water partition coefficient (Wildman–Crippen LogP) is 2.64. The topological polar surface area (TPSA) is 49.9 Å². The van der Waals surface area contributed by atoms with Crippen LogP contribution in [0.25, 0.3) is 0 Å². The summed E-state index contributed by atoms with van der Waals surface area (Å²) in [6.45, 7) is 0.344. The van der Waals surface area contributed by atoms with Gasteiger partial charge in [0.2, 0.25) is 0 Å². The van der Waals surface area contributed by atoms with Gasteiger partial charge in [0.25, 0.3) is 10.2 Å². The first-order valence-corrected chi connectivity index (χ1v) is 9.17. The summed E-state index contributed by atoms with van der Waals surface area (Å²) in [5.74, 6) is 0.740. The summed E-state index contributed by atoms with van der Waals surface area (Å²) in [5, 5.41) is 0.